The molecule has 16 nitrogen and oxygen atoms in total. The highest BCUT2D eigenvalue weighted by Crippen LogP contribution is 2.19. The molecular weight excluding hydrogens is 532 g/mol. The zero-order chi connectivity index (χ0) is 30.0. The number of hydrogen-bond donors (Lipinski definition) is 9. The topological polar surface area (TPSA) is 284 Å². The molecule has 0 aliphatic carbocycles. The zero-order valence-corrected chi connectivity index (χ0v) is 21.1. The zero-order valence-electron chi connectivity index (χ0n) is 21.1. The van der Waals surface area contributed by atoms with Gasteiger partial charge >= 0.3 is 17.9 Å². The van der Waals surface area contributed by atoms with Gasteiger partial charge in [-0.3, -0.25) is 28.8 Å². The van der Waals surface area contributed by atoms with E-state index < -0.39 is 85.0 Å². The number of aromatic nitrogens is 1. The lowest BCUT2D eigenvalue weighted by Gasteiger charge is -2.24. The third-order valence-corrected chi connectivity index (χ3v) is 5.77. The van der Waals surface area contributed by atoms with Crippen LogP contribution in [-0.2, 0) is 40.0 Å². The second-order valence-corrected chi connectivity index (χ2v) is 8.89. The van der Waals surface area contributed by atoms with Gasteiger partial charge in [-0.2, -0.15) is 0 Å². The Morgan fingerprint density at radius 2 is 1.38 bits per heavy atom. The Hall–Kier alpha value is -4.99. The summed E-state index contributed by atoms with van der Waals surface area (Å²) in [5, 5.41) is 34.7. The lowest BCUT2D eigenvalue weighted by molar-refractivity contribution is -0.143. The summed E-state index contributed by atoms with van der Waals surface area (Å²) in [6.07, 6.45) is -1.07. The van der Waals surface area contributed by atoms with Crippen molar-refractivity contribution < 1.29 is 48.9 Å². The number of primary amides is 1. The molecule has 4 atom stereocenters. The van der Waals surface area contributed by atoms with Crippen molar-refractivity contribution in [1.82, 2.24) is 20.9 Å². The van der Waals surface area contributed by atoms with Crippen LogP contribution in [0.5, 0.6) is 0 Å². The maximum absolute atomic E-state index is 13.0. The molecule has 0 aliphatic rings. The Balaban J connectivity index is 2.17. The summed E-state index contributed by atoms with van der Waals surface area (Å²) >= 11 is 0. The largest absolute Gasteiger partial charge is 0.481 e. The van der Waals surface area contributed by atoms with Crippen LogP contribution in [0.3, 0.4) is 0 Å². The van der Waals surface area contributed by atoms with Crippen LogP contribution in [-0.4, -0.2) is 86.0 Å². The van der Waals surface area contributed by atoms with Crippen molar-refractivity contribution in [2.24, 2.45) is 11.5 Å². The lowest BCUT2D eigenvalue weighted by atomic mass is 10.0. The van der Waals surface area contributed by atoms with E-state index in [1.807, 2.05) is 0 Å². The molecule has 4 amide bonds. The number of H-pyrrole nitrogens is 1. The van der Waals surface area contributed by atoms with E-state index in [2.05, 4.69) is 20.9 Å². The molecule has 2 aromatic rings. The first-order valence-electron chi connectivity index (χ1n) is 11.9. The van der Waals surface area contributed by atoms with Crippen LogP contribution in [0.25, 0.3) is 10.9 Å². The number of amides is 4. The highest BCUT2D eigenvalue weighted by Gasteiger charge is 2.32. The number of fused-ring (bicyclic) bond motifs is 1. The number of carboxylic acid groups (broad SMARTS) is 3. The molecule has 0 fully saturated rings. The Labute approximate surface area is 226 Å². The van der Waals surface area contributed by atoms with E-state index in [0.29, 0.717) is 5.56 Å². The number of aliphatic carboxylic acids is 3. The van der Waals surface area contributed by atoms with Crippen molar-refractivity contribution in [3.63, 3.8) is 0 Å². The van der Waals surface area contributed by atoms with Gasteiger partial charge in [-0.05, 0) is 18.1 Å². The van der Waals surface area contributed by atoms with Crippen LogP contribution in [0.2, 0.25) is 0 Å². The van der Waals surface area contributed by atoms with Crippen LogP contribution in [0, 0.1) is 0 Å². The number of rotatable bonds is 16. The third-order valence-electron chi connectivity index (χ3n) is 5.77. The molecule has 16 heteroatoms. The molecule has 216 valence electrons. The van der Waals surface area contributed by atoms with Crippen LogP contribution in [0.4, 0.5) is 0 Å². The monoisotopic (exact) mass is 562 g/mol. The summed E-state index contributed by atoms with van der Waals surface area (Å²) in [5.74, 6) is -8.52. The first-order valence-corrected chi connectivity index (χ1v) is 11.9. The molecule has 0 radical (unpaired) electrons. The van der Waals surface area contributed by atoms with Gasteiger partial charge in [0.25, 0.3) is 0 Å². The van der Waals surface area contributed by atoms with Gasteiger partial charge in [-0.15, -0.1) is 0 Å². The average Bonchev–Trinajstić information content (AvgIpc) is 3.28. The fourth-order valence-electron chi connectivity index (χ4n) is 3.75. The first-order chi connectivity index (χ1) is 18.8. The smallest absolute Gasteiger partial charge is 0.326 e. The van der Waals surface area contributed by atoms with Crippen molar-refractivity contribution in [2.75, 3.05) is 0 Å². The standard InChI is InChI=1S/C24H30N6O10/c25-13(5-6-19(32)33)21(36)28-16(9-20(34)35)23(38)29-15(8-18(26)31)22(37)30-17(24(39)40)7-11-10-27-14-4-2-1-3-12(11)14/h1-4,10,13,15-17,27H,5-9,25H2,(H2,26,31)(H,28,36)(H,29,38)(H,30,37)(H,32,33)(H,34,35)(H,39,40). The summed E-state index contributed by atoms with van der Waals surface area (Å²) < 4.78 is 0. The molecule has 11 N–H and O–H groups in total. The highest BCUT2D eigenvalue weighted by molar-refractivity contribution is 5.97. The summed E-state index contributed by atoms with van der Waals surface area (Å²) in [4.78, 5) is 86.6. The minimum Gasteiger partial charge on any atom is -0.481 e. The summed E-state index contributed by atoms with van der Waals surface area (Å²) in [6.45, 7) is 0. The van der Waals surface area contributed by atoms with Gasteiger partial charge in [0.1, 0.15) is 18.1 Å². The van der Waals surface area contributed by atoms with Crippen LogP contribution < -0.4 is 27.4 Å². The number of carbonyl (C=O) groups is 7. The molecule has 40 heavy (non-hydrogen) atoms. The van der Waals surface area contributed by atoms with Gasteiger partial charge in [0.05, 0.1) is 18.9 Å². The van der Waals surface area contributed by atoms with Gasteiger partial charge < -0.3 is 47.7 Å². The molecule has 0 bridgehead atoms. The predicted molar refractivity (Wildman–Crippen MR) is 136 cm³/mol. The van der Waals surface area contributed by atoms with E-state index in [1.165, 1.54) is 0 Å². The van der Waals surface area contributed by atoms with Crippen molar-refractivity contribution in [1.29, 1.82) is 0 Å². The normalized spacial score (nSPS) is 13.8. The number of benzene rings is 1. The Bertz CT molecular complexity index is 1290. The first kappa shape index (κ1) is 31.2. The van der Waals surface area contributed by atoms with Gasteiger partial charge in [0.15, 0.2) is 0 Å². The summed E-state index contributed by atoms with van der Waals surface area (Å²) in [5.41, 5.74) is 12.1. The molecule has 1 aromatic heterocycles. The maximum Gasteiger partial charge on any atom is 0.326 e. The Morgan fingerprint density at radius 1 is 0.800 bits per heavy atom. The van der Waals surface area contributed by atoms with E-state index in [4.69, 9.17) is 21.7 Å². The minimum absolute atomic E-state index is 0.158. The SMILES string of the molecule is NC(=O)CC(NC(=O)C(CC(=O)O)NC(=O)C(N)CCC(=O)O)C(=O)NC(Cc1c[nH]c2ccccc12)C(=O)O. The van der Waals surface area contributed by atoms with Gasteiger partial charge in [-0.1, -0.05) is 18.2 Å². The number of nitrogens with one attached hydrogen (secondary N) is 4. The molecule has 2 rings (SSSR count). The van der Waals surface area contributed by atoms with Crippen molar-refractivity contribution in [3.05, 3.63) is 36.0 Å². The van der Waals surface area contributed by atoms with Crippen molar-refractivity contribution >= 4 is 52.4 Å². The summed E-state index contributed by atoms with van der Waals surface area (Å²) in [7, 11) is 0. The number of aromatic amines is 1. The number of hydrogen-bond acceptors (Lipinski definition) is 8. The van der Waals surface area contributed by atoms with Gasteiger partial charge in [0, 0.05) is 29.9 Å². The average molecular weight is 563 g/mol. The predicted octanol–water partition coefficient (Wildman–Crippen LogP) is -2.21. The molecule has 1 aromatic carbocycles. The lowest BCUT2D eigenvalue weighted by Crippen LogP contribution is -2.58. The maximum atomic E-state index is 13.0. The van der Waals surface area contributed by atoms with E-state index in [9.17, 15) is 38.7 Å². The number of carbonyl (C=O) groups excluding carboxylic acids is 4. The van der Waals surface area contributed by atoms with Gasteiger partial charge in [0.2, 0.25) is 23.6 Å². The minimum atomic E-state index is -1.77. The van der Waals surface area contributed by atoms with Crippen LogP contribution in [0.1, 0.15) is 31.2 Å². The third kappa shape index (κ3) is 9.39. The van der Waals surface area contributed by atoms with Crippen molar-refractivity contribution in [3.8, 4) is 0 Å². The van der Waals surface area contributed by atoms with Crippen molar-refractivity contribution in [2.45, 2.75) is 56.3 Å². The Kier molecular flexibility index (Phi) is 11.1. The molecule has 0 saturated heterocycles. The van der Waals surface area contributed by atoms with E-state index >= 15 is 0 Å². The fraction of sp³-hybridized carbons (Fsp3) is 0.375. The van der Waals surface area contributed by atoms with E-state index in [0.717, 1.165) is 10.9 Å². The molecule has 4 unspecified atom stereocenters. The highest BCUT2D eigenvalue weighted by atomic mass is 16.4. The molecule has 0 spiro atoms. The second-order valence-electron chi connectivity index (χ2n) is 8.89. The molecular formula is C24H30N6O10. The molecule has 1 heterocycles. The number of carboxylic acids is 3. The van der Waals surface area contributed by atoms with Gasteiger partial charge in [-0.25, -0.2) is 4.79 Å². The Morgan fingerprint density at radius 3 is 1.95 bits per heavy atom. The number of nitrogens with two attached hydrogens (primary N) is 2. The van der Waals surface area contributed by atoms with E-state index in [1.54, 1.807) is 30.5 Å². The quantitative estimate of drug-likeness (QED) is 0.106. The fourth-order valence-corrected chi connectivity index (χ4v) is 3.75. The molecule has 0 aliphatic heterocycles. The summed E-state index contributed by atoms with van der Waals surface area (Å²) in [6, 6.07) is 0.692. The van der Waals surface area contributed by atoms with Crippen LogP contribution >= 0.6 is 0 Å². The molecule has 0 saturated carbocycles. The van der Waals surface area contributed by atoms with Crippen LogP contribution in [0.15, 0.2) is 30.5 Å². The second kappa shape index (κ2) is 14.2. The van der Waals surface area contributed by atoms with E-state index in [-0.39, 0.29) is 12.8 Å². The number of para-hydroxylation sites is 1.